The molecule has 4 heteroatoms. The Morgan fingerprint density at radius 2 is 1.51 bits per heavy atom. The fourth-order valence-electron chi connectivity index (χ4n) is 4.46. The minimum atomic E-state index is -0.579. The molecule has 0 unspecified atom stereocenters. The number of nitrogens with one attached hydrogen (secondary N) is 1. The number of aryl methyl sites for hydroxylation is 2. The Hall–Kier alpha value is -3.40. The maximum atomic E-state index is 13.8. The number of rotatable bonds is 11. The van der Waals surface area contributed by atoms with Crippen molar-refractivity contribution in [3.63, 3.8) is 0 Å². The van der Waals surface area contributed by atoms with Crippen molar-refractivity contribution in [1.29, 1.82) is 0 Å². The number of benzene rings is 3. The molecule has 0 radical (unpaired) electrons. The highest BCUT2D eigenvalue weighted by atomic mass is 16.2. The minimum absolute atomic E-state index is 0.00395. The van der Waals surface area contributed by atoms with E-state index < -0.39 is 6.04 Å². The highest BCUT2D eigenvalue weighted by Gasteiger charge is 2.30. The van der Waals surface area contributed by atoms with E-state index in [0.717, 1.165) is 28.7 Å². The summed E-state index contributed by atoms with van der Waals surface area (Å²) in [5.74, 6) is -0.0992. The lowest BCUT2D eigenvalue weighted by molar-refractivity contribution is -0.141. The van der Waals surface area contributed by atoms with Crippen LogP contribution in [0.4, 0.5) is 0 Å². The molecule has 1 atom stereocenters. The van der Waals surface area contributed by atoms with Crippen molar-refractivity contribution in [3.05, 3.63) is 107 Å². The van der Waals surface area contributed by atoms with Crippen molar-refractivity contribution < 1.29 is 9.59 Å². The lowest BCUT2D eigenvalue weighted by Crippen LogP contribution is -2.50. The van der Waals surface area contributed by atoms with E-state index in [1.54, 1.807) is 4.90 Å². The third-order valence-electron chi connectivity index (χ3n) is 6.87. The lowest BCUT2D eigenvalue weighted by Gasteiger charge is -2.32. The summed E-state index contributed by atoms with van der Waals surface area (Å²) >= 11 is 0. The van der Waals surface area contributed by atoms with E-state index in [1.165, 1.54) is 5.56 Å². The fraction of sp³-hybridized carbons (Fsp3) is 0.394. The van der Waals surface area contributed by atoms with E-state index in [2.05, 4.69) is 63.3 Å². The van der Waals surface area contributed by atoms with Gasteiger partial charge in [0, 0.05) is 25.9 Å². The van der Waals surface area contributed by atoms with Crippen LogP contribution in [0.3, 0.4) is 0 Å². The Kier molecular flexibility index (Phi) is 10.1. The number of carbonyl (C=O) groups excluding carboxylic acids is 2. The minimum Gasteiger partial charge on any atom is -0.354 e. The van der Waals surface area contributed by atoms with E-state index in [1.807, 2.05) is 55.5 Å². The summed E-state index contributed by atoms with van der Waals surface area (Å²) in [5.41, 5.74) is 5.72. The van der Waals surface area contributed by atoms with Crippen LogP contribution in [-0.4, -0.2) is 29.3 Å². The van der Waals surface area contributed by atoms with Crippen LogP contribution in [0.1, 0.15) is 68.4 Å². The second-order valence-electron chi connectivity index (χ2n) is 10.9. The highest BCUT2D eigenvalue weighted by molar-refractivity contribution is 5.88. The smallest absolute Gasteiger partial charge is 0.243 e. The maximum absolute atomic E-state index is 13.8. The number of nitrogens with zero attached hydrogens (tertiary/aromatic N) is 1. The van der Waals surface area contributed by atoms with Gasteiger partial charge in [-0.05, 0) is 53.0 Å². The predicted octanol–water partition coefficient (Wildman–Crippen LogP) is 6.39. The van der Waals surface area contributed by atoms with Gasteiger partial charge in [-0.25, -0.2) is 0 Å². The molecule has 0 saturated heterocycles. The van der Waals surface area contributed by atoms with Crippen LogP contribution in [0.5, 0.6) is 0 Å². The van der Waals surface area contributed by atoms with Gasteiger partial charge in [0.25, 0.3) is 0 Å². The average molecular weight is 499 g/mol. The van der Waals surface area contributed by atoms with Gasteiger partial charge in [-0.2, -0.15) is 0 Å². The fourth-order valence-corrected chi connectivity index (χ4v) is 4.46. The van der Waals surface area contributed by atoms with Crippen molar-refractivity contribution in [3.8, 4) is 0 Å². The molecule has 1 N–H and O–H groups in total. The molecule has 2 amide bonds. The van der Waals surface area contributed by atoms with Crippen LogP contribution in [0.2, 0.25) is 0 Å². The monoisotopic (exact) mass is 498 g/mol. The van der Waals surface area contributed by atoms with E-state index in [-0.39, 0.29) is 17.2 Å². The first-order valence-electron chi connectivity index (χ1n) is 13.4. The Bertz CT molecular complexity index is 1150. The maximum Gasteiger partial charge on any atom is 0.243 e. The summed E-state index contributed by atoms with van der Waals surface area (Å²) < 4.78 is 0. The zero-order valence-electron chi connectivity index (χ0n) is 23.1. The Morgan fingerprint density at radius 3 is 2.14 bits per heavy atom. The second kappa shape index (κ2) is 13.2. The lowest BCUT2D eigenvalue weighted by atomic mass is 9.86. The van der Waals surface area contributed by atoms with Crippen LogP contribution >= 0.6 is 0 Å². The Balaban J connectivity index is 1.87. The summed E-state index contributed by atoms with van der Waals surface area (Å²) in [6.45, 7) is 11.7. The Morgan fingerprint density at radius 1 is 0.865 bits per heavy atom. The van der Waals surface area contributed by atoms with Gasteiger partial charge in [-0.3, -0.25) is 9.59 Å². The van der Waals surface area contributed by atoms with Crippen molar-refractivity contribution >= 4 is 11.8 Å². The first-order valence-corrected chi connectivity index (χ1v) is 13.4. The van der Waals surface area contributed by atoms with Crippen LogP contribution in [0.15, 0.2) is 78.9 Å². The van der Waals surface area contributed by atoms with Crippen LogP contribution in [0.25, 0.3) is 0 Å². The number of carbonyl (C=O) groups is 2. The van der Waals surface area contributed by atoms with Gasteiger partial charge in [0.05, 0.1) is 0 Å². The molecule has 0 spiro atoms. The molecule has 4 nitrogen and oxygen atoms in total. The molecule has 196 valence electrons. The largest absolute Gasteiger partial charge is 0.354 e. The summed E-state index contributed by atoms with van der Waals surface area (Å²) in [4.78, 5) is 29.0. The third kappa shape index (κ3) is 8.31. The predicted molar refractivity (Wildman–Crippen MR) is 152 cm³/mol. The average Bonchev–Trinajstić information content (AvgIpc) is 2.89. The third-order valence-corrected chi connectivity index (χ3v) is 6.87. The van der Waals surface area contributed by atoms with Crippen molar-refractivity contribution in [1.82, 2.24) is 10.2 Å². The van der Waals surface area contributed by atoms with Gasteiger partial charge in [0.1, 0.15) is 6.04 Å². The molecular formula is C33H42N2O2. The standard InChI is InChI=1S/C33H42N2O2/c1-6-22-34-32(37)30(23-27-13-8-7-9-14-27)35(24-28-15-11-10-12-25(28)2)31(36)21-18-26-16-19-29(20-17-26)33(3,4)5/h7-17,19-20,30H,6,18,21-24H2,1-5H3,(H,34,37)/t30-/m1/s1. The number of hydrogen-bond donors (Lipinski definition) is 1. The molecule has 0 fully saturated rings. The molecule has 0 bridgehead atoms. The SMILES string of the molecule is CCCNC(=O)[C@@H](Cc1ccccc1)N(Cc1ccccc1C)C(=O)CCc1ccc(C(C)(C)C)cc1. The van der Waals surface area contributed by atoms with Gasteiger partial charge in [0.2, 0.25) is 11.8 Å². The molecule has 0 aliphatic rings. The molecule has 3 aromatic carbocycles. The van der Waals surface area contributed by atoms with Gasteiger partial charge in [-0.1, -0.05) is 107 Å². The first-order chi connectivity index (χ1) is 17.7. The summed E-state index contributed by atoms with van der Waals surface area (Å²) in [6, 6.07) is 26.0. The molecular weight excluding hydrogens is 456 g/mol. The first kappa shape index (κ1) is 28.2. The Labute approximate surface area is 223 Å². The quantitative estimate of drug-likeness (QED) is 0.333. The van der Waals surface area contributed by atoms with Crippen molar-refractivity contribution in [2.45, 2.75) is 78.3 Å². The van der Waals surface area contributed by atoms with Crippen molar-refractivity contribution in [2.75, 3.05) is 6.54 Å². The van der Waals surface area contributed by atoms with Crippen LogP contribution < -0.4 is 5.32 Å². The summed E-state index contributed by atoms with van der Waals surface area (Å²) in [6.07, 6.45) is 2.32. The molecule has 37 heavy (non-hydrogen) atoms. The van der Waals surface area contributed by atoms with Gasteiger partial charge in [-0.15, -0.1) is 0 Å². The number of amides is 2. The van der Waals surface area contributed by atoms with Gasteiger partial charge >= 0.3 is 0 Å². The normalized spacial score (nSPS) is 12.1. The zero-order chi connectivity index (χ0) is 26.8. The van der Waals surface area contributed by atoms with E-state index in [4.69, 9.17) is 0 Å². The van der Waals surface area contributed by atoms with Crippen molar-refractivity contribution in [2.24, 2.45) is 0 Å². The number of hydrogen-bond acceptors (Lipinski definition) is 2. The summed E-state index contributed by atoms with van der Waals surface area (Å²) in [7, 11) is 0. The van der Waals surface area contributed by atoms with Crippen LogP contribution in [-0.2, 0) is 34.4 Å². The molecule has 0 heterocycles. The highest BCUT2D eigenvalue weighted by Crippen LogP contribution is 2.23. The molecule has 0 saturated carbocycles. The molecule has 0 aliphatic carbocycles. The molecule has 0 aliphatic heterocycles. The summed E-state index contributed by atoms with van der Waals surface area (Å²) in [5, 5.41) is 3.05. The van der Waals surface area contributed by atoms with Crippen LogP contribution in [0, 0.1) is 6.92 Å². The van der Waals surface area contributed by atoms with Gasteiger partial charge < -0.3 is 10.2 Å². The molecule has 0 aromatic heterocycles. The van der Waals surface area contributed by atoms with E-state index >= 15 is 0 Å². The zero-order valence-corrected chi connectivity index (χ0v) is 23.1. The molecule has 3 aromatic rings. The van der Waals surface area contributed by atoms with Gasteiger partial charge in [0.15, 0.2) is 0 Å². The van der Waals surface area contributed by atoms with E-state index in [9.17, 15) is 9.59 Å². The topological polar surface area (TPSA) is 49.4 Å². The molecule has 3 rings (SSSR count). The second-order valence-corrected chi connectivity index (χ2v) is 10.9. The van der Waals surface area contributed by atoms with E-state index in [0.29, 0.717) is 32.4 Å².